The molecule has 0 aromatic carbocycles. The average molecular weight is 141 g/mol. The van der Waals surface area contributed by atoms with Gasteiger partial charge in [0.2, 0.25) is 0 Å². The van der Waals surface area contributed by atoms with Gasteiger partial charge in [0, 0.05) is 14.6 Å². The van der Waals surface area contributed by atoms with Crippen LogP contribution in [0.15, 0.2) is 12.7 Å². The van der Waals surface area contributed by atoms with Gasteiger partial charge in [-0.05, 0) is 0 Å². The van der Waals surface area contributed by atoms with Gasteiger partial charge >= 0.3 is 0 Å². The fourth-order valence-electron chi connectivity index (χ4n) is 0.366. The lowest BCUT2D eigenvalue weighted by Gasteiger charge is -2.11. The Kier molecular flexibility index (Phi) is 3.90. The maximum absolute atomic E-state index is 5.17. The first kappa shape index (κ1) is 8.98. The third-order valence-electron chi connectivity index (χ3n) is 0.651. The standard InChI is InChI=1S/C6H14BOSi/c1-5-6-8-7-9(2,3)4/h5H,1,6H2,2-4H3. The van der Waals surface area contributed by atoms with Gasteiger partial charge in [-0.2, -0.15) is 0 Å². The monoisotopic (exact) mass is 141 g/mol. The van der Waals surface area contributed by atoms with Crippen LogP contribution in [-0.4, -0.2) is 21.6 Å². The molecule has 0 saturated heterocycles. The van der Waals surface area contributed by atoms with Crippen LogP contribution in [0, 0.1) is 0 Å². The maximum Gasteiger partial charge on any atom is 0.277 e. The minimum atomic E-state index is -1.09. The second kappa shape index (κ2) is 3.90. The second-order valence-corrected chi connectivity index (χ2v) is 8.07. The summed E-state index contributed by atoms with van der Waals surface area (Å²) in [6.45, 7) is 10.9. The summed E-state index contributed by atoms with van der Waals surface area (Å²) in [6, 6.07) is 0. The van der Waals surface area contributed by atoms with Crippen molar-refractivity contribution in [1.82, 2.24) is 0 Å². The predicted octanol–water partition coefficient (Wildman–Crippen LogP) is 1.64. The molecule has 1 nitrogen and oxygen atoms in total. The van der Waals surface area contributed by atoms with E-state index in [1.54, 1.807) is 6.08 Å². The van der Waals surface area contributed by atoms with Gasteiger partial charge in [0.1, 0.15) is 0 Å². The van der Waals surface area contributed by atoms with Crippen molar-refractivity contribution in [3.8, 4) is 0 Å². The van der Waals surface area contributed by atoms with E-state index < -0.39 is 7.94 Å². The molecule has 0 unspecified atom stereocenters. The Hall–Kier alpha value is -0.0182. The van der Waals surface area contributed by atoms with Crippen LogP contribution in [0.5, 0.6) is 0 Å². The summed E-state index contributed by atoms with van der Waals surface area (Å²) in [5.74, 6) is 0. The van der Waals surface area contributed by atoms with E-state index in [1.807, 2.05) is 7.07 Å². The van der Waals surface area contributed by atoms with Crippen LogP contribution in [0.3, 0.4) is 0 Å². The van der Waals surface area contributed by atoms with Crippen LogP contribution in [-0.2, 0) is 4.65 Å². The van der Waals surface area contributed by atoms with Crippen LogP contribution in [0.1, 0.15) is 0 Å². The van der Waals surface area contributed by atoms with Crippen molar-refractivity contribution < 1.29 is 4.65 Å². The smallest absolute Gasteiger partial charge is 0.277 e. The summed E-state index contributed by atoms with van der Waals surface area (Å²) >= 11 is 0. The fourth-order valence-corrected chi connectivity index (χ4v) is 0.962. The molecule has 0 amide bonds. The number of hydrogen-bond donors (Lipinski definition) is 0. The third-order valence-corrected chi connectivity index (χ3v) is 1.52. The number of rotatable bonds is 4. The van der Waals surface area contributed by atoms with E-state index in [-0.39, 0.29) is 0 Å². The zero-order valence-corrected chi connectivity index (χ0v) is 7.48. The molecule has 0 aliphatic heterocycles. The van der Waals surface area contributed by atoms with Crippen molar-refractivity contribution in [2.24, 2.45) is 0 Å². The summed E-state index contributed by atoms with van der Waals surface area (Å²) in [5.41, 5.74) is 0. The summed E-state index contributed by atoms with van der Waals surface area (Å²) in [6.07, 6.45) is 1.76. The van der Waals surface area contributed by atoms with E-state index in [4.69, 9.17) is 4.65 Å². The molecule has 0 saturated carbocycles. The molecule has 3 heteroatoms. The minimum Gasteiger partial charge on any atom is -0.441 e. The topological polar surface area (TPSA) is 9.23 Å². The van der Waals surface area contributed by atoms with E-state index in [1.165, 1.54) is 0 Å². The van der Waals surface area contributed by atoms with Gasteiger partial charge in [-0.3, -0.25) is 0 Å². The molecule has 51 valence electrons. The average Bonchev–Trinajstić information content (AvgIpc) is 1.63. The van der Waals surface area contributed by atoms with Crippen LogP contribution in [0.25, 0.3) is 0 Å². The Bertz CT molecular complexity index is 87.5. The zero-order valence-electron chi connectivity index (χ0n) is 6.48. The van der Waals surface area contributed by atoms with E-state index in [2.05, 4.69) is 26.2 Å². The highest BCUT2D eigenvalue weighted by Crippen LogP contribution is 1.96. The first-order valence-corrected chi connectivity index (χ1v) is 6.71. The molecule has 0 aliphatic rings. The highest BCUT2D eigenvalue weighted by molar-refractivity contribution is 7.20. The number of hydrogen-bond acceptors (Lipinski definition) is 1. The van der Waals surface area contributed by atoms with Crippen molar-refractivity contribution in [3.63, 3.8) is 0 Å². The van der Waals surface area contributed by atoms with E-state index in [0.29, 0.717) is 6.61 Å². The molecule has 0 bridgehead atoms. The van der Waals surface area contributed by atoms with Gasteiger partial charge in [-0.15, -0.1) is 6.58 Å². The molecule has 0 aromatic rings. The summed E-state index contributed by atoms with van der Waals surface area (Å²) in [4.78, 5) is 0. The lowest BCUT2D eigenvalue weighted by atomic mass is 10.5. The van der Waals surface area contributed by atoms with Gasteiger partial charge in [-0.1, -0.05) is 25.7 Å². The molecule has 0 spiro atoms. The predicted molar refractivity (Wildman–Crippen MR) is 45.2 cm³/mol. The molecule has 9 heavy (non-hydrogen) atoms. The van der Waals surface area contributed by atoms with E-state index in [0.717, 1.165) is 0 Å². The Morgan fingerprint density at radius 2 is 2.11 bits per heavy atom. The van der Waals surface area contributed by atoms with Crippen LogP contribution < -0.4 is 0 Å². The first-order chi connectivity index (χ1) is 4.06. The molecule has 0 N–H and O–H groups in total. The van der Waals surface area contributed by atoms with Crippen LogP contribution in [0.4, 0.5) is 0 Å². The van der Waals surface area contributed by atoms with Gasteiger partial charge in [-0.25, -0.2) is 0 Å². The molecule has 0 aromatic heterocycles. The molecule has 0 heterocycles. The molecule has 0 rings (SSSR count). The molecule has 1 radical (unpaired) electrons. The van der Waals surface area contributed by atoms with Gasteiger partial charge in [0.05, 0.1) is 0 Å². The van der Waals surface area contributed by atoms with Crippen LogP contribution >= 0.6 is 0 Å². The highest BCUT2D eigenvalue weighted by atomic mass is 28.3. The van der Waals surface area contributed by atoms with Crippen molar-refractivity contribution in [3.05, 3.63) is 12.7 Å². The molecule has 0 aliphatic carbocycles. The lowest BCUT2D eigenvalue weighted by molar-refractivity contribution is 0.395. The fraction of sp³-hybridized carbons (Fsp3) is 0.667. The minimum absolute atomic E-state index is 0.643. The van der Waals surface area contributed by atoms with Crippen molar-refractivity contribution in [1.29, 1.82) is 0 Å². The third kappa shape index (κ3) is 7.98. The Morgan fingerprint density at radius 1 is 1.56 bits per heavy atom. The highest BCUT2D eigenvalue weighted by Gasteiger charge is 2.14. The summed E-state index contributed by atoms with van der Waals surface area (Å²) < 4.78 is 5.17. The zero-order chi connectivity index (χ0) is 7.33. The van der Waals surface area contributed by atoms with E-state index >= 15 is 0 Å². The maximum atomic E-state index is 5.17. The van der Waals surface area contributed by atoms with Crippen LogP contribution in [0.2, 0.25) is 19.6 Å². The lowest BCUT2D eigenvalue weighted by Crippen LogP contribution is -2.32. The SMILES string of the molecule is C=CCO[B][Si](C)(C)C. The Labute approximate surface area is 59.3 Å². The second-order valence-electron chi connectivity index (χ2n) is 3.11. The molecular formula is C6H14BOSi. The van der Waals surface area contributed by atoms with Gasteiger partial charge in [0.15, 0.2) is 0 Å². The van der Waals surface area contributed by atoms with Crippen molar-refractivity contribution in [2.75, 3.05) is 6.61 Å². The van der Waals surface area contributed by atoms with Gasteiger partial charge in [0.25, 0.3) is 7.07 Å². The molecule has 0 atom stereocenters. The normalized spacial score (nSPS) is 11.0. The quantitative estimate of drug-likeness (QED) is 0.328. The van der Waals surface area contributed by atoms with Crippen molar-refractivity contribution >= 4 is 15.0 Å². The van der Waals surface area contributed by atoms with E-state index in [9.17, 15) is 0 Å². The Morgan fingerprint density at radius 3 is 2.44 bits per heavy atom. The molecule has 0 fully saturated rings. The van der Waals surface area contributed by atoms with Crippen molar-refractivity contribution in [2.45, 2.75) is 19.6 Å². The summed E-state index contributed by atoms with van der Waals surface area (Å²) in [7, 11) is 0.877. The molecular weight excluding hydrogens is 127 g/mol. The Balaban J connectivity index is 3.17. The van der Waals surface area contributed by atoms with Gasteiger partial charge < -0.3 is 4.65 Å². The first-order valence-electron chi connectivity index (χ1n) is 3.13. The summed E-state index contributed by atoms with van der Waals surface area (Å²) in [5, 5.41) is 0. The largest absolute Gasteiger partial charge is 0.441 e.